The van der Waals surface area contributed by atoms with Crippen molar-refractivity contribution in [3.63, 3.8) is 0 Å². The molecule has 2 unspecified atom stereocenters. The van der Waals surface area contributed by atoms with Crippen molar-refractivity contribution < 1.29 is 0 Å². The molecule has 5 heteroatoms. The van der Waals surface area contributed by atoms with Crippen LogP contribution in [0.3, 0.4) is 0 Å². The number of aromatic nitrogens is 2. The van der Waals surface area contributed by atoms with Crippen molar-refractivity contribution in [2.75, 3.05) is 10.8 Å². The van der Waals surface area contributed by atoms with Gasteiger partial charge < -0.3 is 0 Å². The molecular formula is C26H25N3S2. The van der Waals surface area contributed by atoms with Crippen molar-refractivity contribution in [1.82, 2.24) is 9.97 Å². The summed E-state index contributed by atoms with van der Waals surface area (Å²) in [5, 5.41) is 3.36. The third kappa shape index (κ3) is 4.12. The molecular weight excluding hydrogens is 418 g/mol. The first kappa shape index (κ1) is 20.3. The van der Waals surface area contributed by atoms with Crippen molar-refractivity contribution in [3.05, 3.63) is 94.4 Å². The molecule has 5 rings (SSSR count). The number of thiazole rings is 1. The van der Waals surface area contributed by atoms with Crippen LogP contribution in [0.5, 0.6) is 0 Å². The summed E-state index contributed by atoms with van der Waals surface area (Å²) in [7, 11) is 0. The Bertz CT molecular complexity index is 1170. The Labute approximate surface area is 192 Å². The second-order valence-electron chi connectivity index (χ2n) is 7.94. The molecule has 31 heavy (non-hydrogen) atoms. The zero-order valence-electron chi connectivity index (χ0n) is 17.7. The Kier molecular flexibility index (Phi) is 5.79. The molecule has 0 aliphatic carbocycles. The van der Waals surface area contributed by atoms with Crippen LogP contribution in [0.4, 0.5) is 5.82 Å². The minimum atomic E-state index is 0.247. The highest BCUT2D eigenvalue weighted by Crippen LogP contribution is 2.44. The van der Waals surface area contributed by atoms with Gasteiger partial charge >= 0.3 is 0 Å². The minimum absolute atomic E-state index is 0.247. The molecule has 4 aromatic rings. The molecule has 0 saturated heterocycles. The SMILES string of the molecule is CCC(C)c1cccc(-c2csc(C3CN(Sc4ccccc4)c4ncccc43)n2)c1. The molecule has 0 fully saturated rings. The van der Waals surface area contributed by atoms with Crippen molar-refractivity contribution in [3.8, 4) is 11.3 Å². The summed E-state index contributed by atoms with van der Waals surface area (Å²) < 4.78 is 2.31. The highest BCUT2D eigenvalue weighted by molar-refractivity contribution is 8.00. The number of hydrogen-bond donors (Lipinski definition) is 0. The molecule has 0 saturated carbocycles. The topological polar surface area (TPSA) is 29.0 Å². The van der Waals surface area contributed by atoms with Crippen LogP contribution in [0.25, 0.3) is 11.3 Å². The molecule has 0 spiro atoms. The Balaban J connectivity index is 1.43. The van der Waals surface area contributed by atoms with Crippen LogP contribution < -0.4 is 4.31 Å². The van der Waals surface area contributed by atoms with E-state index in [2.05, 4.69) is 84.2 Å². The molecule has 156 valence electrons. The van der Waals surface area contributed by atoms with Crippen LogP contribution >= 0.6 is 23.3 Å². The van der Waals surface area contributed by atoms with Crippen LogP contribution in [0, 0.1) is 0 Å². The summed E-state index contributed by atoms with van der Waals surface area (Å²) >= 11 is 3.51. The minimum Gasteiger partial charge on any atom is -0.295 e. The predicted molar refractivity (Wildman–Crippen MR) is 132 cm³/mol. The molecule has 2 atom stereocenters. The zero-order valence-corrected chi connectivity index (χ0v) is 19.4. The molecule has 1 aliphatic heterocycles. The van der Waals surface area contributed by atoms with Crippen LogP contribution in [0.1, 0.15) is 48.2 Å². The molecule has 3 nitrogen and oxygen atoms in total. The van der Waals surface area contributed by atoms with Gasteiger partial charge in [0, 0.05) is 34.1 Å². The number of benzene rings is 2. The first-order valence-electron chi connectivity index (χ1n) is 10.7. The summed E-state index contributed by atoms with van der Waals surface area (Å²) in [6.45, 7) is 5.40. The molecule has 0 bridgehead atoms. The molecule has 0 radical (unpaired) electrons. The lowest BCUT2D eigenvalue weighted by Gasteiger charge is -2.16. The van der Waals surface area contributed by atoms with Gasteiger partial charge in [0.15, 0.2) is 0 Å². The van der Waals surface area contributed by atoms with Gasteiger partial charge in [0.25, 0.3) is 0 Å². The Morgan fingerprint density at radius 1 is 1.10 bits per heavy atom. The lowest BCUT2D eigenvalue weighted by Crippen LogP contribution is -2.14. The second kappa shape index (κ2) is 8.85. The van der Waals surface area contributed by atoms with E-state index in [0.717, 1.165) is 29.5 Å². The standard InChI is InChI=1S/C26H25N3S2/c1-3-18(2)19-9-7-10-20(15-19)24-17-30-26(28-24)23-16-29(25-22(23)13-8-14-27-25)31-21-11-5-4-6-12-21/h4-15,17-18,23H,3,16H2,1-2H3. The van der Waals surface area contributed by atoms with Crippen LogP contribution in [-0.2, 0) is 0 Å². The predicted octanol–water partition coefficient (Wildman–Crippen LogP) is 7.38. The Hall–Kier alpha value is -2.63. The fraction of sp³-hybridized carbons (Fsp3) is 0.231. The maximum absolute atomic E-state index is 5.08. The van der Waals surface area contributed by atoms with E-state index in [9.17, 15) is 0 Å². The van der Waals surface area contributed by atoms with Gasteiger partial charge in [-0.3, -0.25) is 4.31 Å². The van der Waals surface area contributed by atoms with E-state index in [0.29, 0.717) is 5.92 Å². The zero-order chi connectivity index (χ0) is 21.2. The molecule has 3 heterocycles. The average Bonchev–Trinajstić information content (AvgIpc) is 3.45. The van der Waals surface area contributed by atoms with E-state index in [-0.39, 0.29) is 5.92 Å². The lowest BCUT2D eigenvalue weighted by molar-refractivity contribution is 0.734. The first-order chi connectivity index (χ1) is 15.2. The molecule has 2 aromatic heterocycles. The molecule has 0 N–H and O–H groups in total. The third-order valence-electron chi connectivity index (χ3n) is 5.92. The maximum atomic E-state index is 5.08. The van der Waals surface area contributed by atoms with Gasteiger partial charge in [0.2, 0.25) is 0 Å². The number of rotatable bonds is 6. The number of hydrogen-bond acceptors (Lipinski definition) is 5. The summed E-state index contributed by atoms with van der Waals surface area (Å²) in [5.74, 6) is 1.86. The van der Waals surface area contributed by atoms with Gasteiger partial charge in [-0.15, -0.1) is 11.3 Å². The van der Waals surface area contributed by atoms with Gasteiger partial charge in [-0.25, -0.2) is 9.97 Å². The Morgan fingerprint density at radius 2 is 1.97 bits per heavy atom. The summed E-state index contributed by atoms with van der Waals surface area (Å²) in [4.78, 5) is 11.0. The van der Waals surface area contributed by atoms with E-state index in [4.69, 9.17) is 9.97 Å². The van der Waals surface area contributed by atoms with Crippen molar-refractivity contribution in [2.45, 2.75) is 37.0 Å². The summed E-state index contributed by atoms with van der Waals surface area (Å²) in [6, 6.07) is 23.6. The average molecular weight is 444 g/mol. The second-order valence-corrected chi connectivity index (χ2v) is 9.92. The van der Waals surface area contributed by atoms with Crippen LogP contribution in [0.15, 0.2) is 83.2 Å². The van der Waals surface area contributed by atoms with Crippen molar-refractivity contribution >= 4 is 29.1 Å². The molecule has 2 aromatic carbocycles. The fourth-order valence-corrected chi connectivity index (χ4v) is 5.90. The van der Waals surface area contributed by atoms with Gasteiger partial charge in [0.05, 0.1) is 11.6 Å². The summed E-state index contributed by atoms with van der Waals surface area (Å²) in [6.07, 6.45) is 3.03. The van der Waals surface area contributed by atoms with Crippen LogP contribution in [-0.4, -0.2) is 16.5 Å². The fourth-order valence-electron chi connectivity index (χ4n) is 3.96. The van der Waals surface area contributed by atoms with E-state index >= 15 is 0 Å². The van der Waals surface area contributed by atoms with Gasteiger partial charge in [-0.05, 0) is 54.1 Å². The number of nitrogens with zero attached hydrogens (tertiary/aromatic N) is 3. The van der Waals surface area contributed by atoms with Gasteiger partial charge in [0.1, 0.15) is 10.8 Å². The number of anilines is 1. The quantitative estimate of drug-likeness (QED) is 0.291. The highest BCUT2D eigenvalue weighted by atomic mass is 32.2. The maximum Gasteiger partial charge on any atom is 0.142 e. The first-order valence-corrected chi connectivity index (χ1v) is 12.4. The number of fused-ring (bicyclic) bond motifs is 1. The molecule has 0 amide bonds. The monoisotopic (exact) mass is 443 g/mol. The van der Waals surface area contributed by atoms with Crippen molar-refractivity contribution in [1.29, 1.82) is 0 Å². The van der Waals surface area contributed by atoms with Crippen molar-refractivity contribution in [2.24, 2.45) is 0 Å². The van der Waals surface area contributed by atoms with E-state index in [1.165, 1.54) is 21.6 Å². The summed E-state index contributed by atoms with van der Waals surface area (Å²) in [5.41, 5.74) is 4.93. The Morgan fingerprint density at radius 3 is 2.81 bits per heavy atom. The third-order valence-corrected chi connectivity index (χ3v) is 7.90. The largest absolute Gasteiger partial charge is 0.295 e. The normalized spacial score (nSPS) is 16.3. The van der Waals surface area contributed by atoms with Gasteiger partial charge in [-0.1, -0.05) is 56.3 Å². The lowest BCUT2D eigenvalue weighted by atomic mass is 9.96. The molecule has 1 aliphatic rings. The van der Waals surface area contributed by atoms with E-state index in [1.807, 2.05) is 12.3 Å². The smallest absolute Gasteiger partial charge is 0.142 e. The van der Waals surface area contributed by atoms with Gasteiger partial charge in [-0.2, -0.15) is 0 Å². The van der Waals surface area contributed by atoms with E-state index in [1.54, 1.807) is 23.3 Å². The number of pyridine rings is 1. The van der Waals surface area contributed by atoms with Crippen LogP contribution in [0.2, 0.25) is 0 Å². The highest BCUT2D eigenvalue weighted by Gasteiger charge is 2.33. The van der Waals surface area contributed by atoms with E-state index < -0.39 is 0 Å².